The van der Waals surface area contributed by atoms with Gasteiger partial charge in [-0.2, -0.15) is 0 Å². The number of halogens is 1. The van der Waals surface area contributed by atoms with Crippen LogP contribution in [-0.2, 0) is 32.6 Å². The molecule has 0 radical (unpaired) electrons. The lowest BCUT2D eigenvalue weighted by atomic mass is 10.0. The van der Waals surface area contributed by atoms with Gasteiger partial charge in [-0.1, -0.05) is 54.6 Å². The van der Waals surface area contributed by atoms with Gasteiger partial charge in [0.25, 0.3) is 0 Å². The Labute approximate surface area is 235 Å². The highest BCUT2D eigenvalue weighted by Gasteiger charge is 2.34. The van der Waals surface area contributed by atoms with Crippen LogP contribution in [0.4, 0.5) is 10.1 Å². The smallest absolute Gasteiger partial charge is 0.244 e. The fraction of sp³-hybridized carbons (Fsp3) is 0.333. The van der Waals surface area contributed by atoms with Gasteiger partial charge in [-0.05, 0) is 56.2 Å². The number of para-hydroxylation sites is 2. The van der Waals surface area contributed by atoms with Gasteiger partial charge in [-0.15, -0.1) is 0 Å². The predicted molar refractivity (Wildman–Crippen MR) is 154 cm³/mol. The molecule has 40 heavy (non-hydrogen) atoms. The summed E-state index contributed by atoms with van der Waals surface area (Å²) in [5, 5.41) is 2.89. The molecule has 3 aromatic carbocycles. The normalized spacial score (nSPS) is 12.1. The van der Waals surface area contributed by atoms with E-state index in [-0.39, 0.29) is 30.6 Å². The molecule has 2 amide bonds. The molecule has 0 spiro atoms. The van der Waals surface area contributed by atoms with E-state index in [0.717, 1.165) is 16.1 Å². The number of hydrogen-bond donors (Lipinski definition) is 1. The van der Waals surface area contributed by atoms with Crippen LogP contribution in [0.25, 0.3) is 0 Å². The molecule has 0 saturated heterocycles. The van der Waals surface area contributed by atoms with Gasteiger partial charge >= 0.3 is 0 Å². The molecule has 1 atom stereocenters. The number of anilines is 1. The maximum absolute atomic E-state index is 14.1. The van der Waals surface area contributed by atoms with Gasteiger partial charge < -0.3 is 15.0 Å². The number of ether oxygens (including phenoxy) is 1. The van der Waals surface area contributed by atoms with Crippen LogP contribution in [0.1, 0.15) is 31.9 Å². The van der Waals surface area contributed by atoms with E-state index in [0.29, 0.717) is 17.9 Å². The van der Waals surface area contributed by atoms with Crippen molar-refractivity contribution < 1.29 is 27.1 Å². The Balaban J connectivity index is 2.07. The lowest BCUT2D eigenvalue weighted by Gasteiger charge is -2.34. The number of benzene rings is 3. The number of carbonyl (C=O) groups excluding carboxylic acids is 2. The van der Waals surface area contributed by atoms with Crippen molar-refractivity contribution in [2.45, 2.75) is 45.8 Å². The van der Waals surface area contributed by atoms with E-state index in [4.69, 9.17) is 4.74 Å². The molecular formula is C30H36FN3O5S. The van der Waals surface area contributed by atoms with Crippen LogP contribution in [0.5, 0.6) is 5.75 Å². The topological polar surface area (TPSA) is 96.0 Å². The standard InChI is InChI=1S/C30H36FN3O5S/c1-5-39-28-14-10-9-13-26(28)34(40(4,37)38)21-29(35)33(20-24-15-17-25(31)18-16-24)27(30(36)32-22(2)3)19-23-11-7-6-8-12-23/h6-18,22,27H,5,19-21H2,1-4H3,(H,32,36). The van der Waals surface area contributed by atoms with Crippen LogP contribution in [-0.4, -0.2) is 56.6 Å². The molecule has 10 heteroatoms. The van der Waals surface area contributed by atoms with Crippen molar-refractivity contribution in [1.82, 2.24) is 10.2 Å². The summed E-state index contributed by atoms with van der Waals surface area (Å²) in [5.74, 6) is -1.10. The molecule has 214 valence electrons. The molecule has 0 aliphatic rings. The molecule has 0 aliphatic carbocycles. The van der Waals surface area contributed by atoms with E-state index in [1.54, 1.807) is 31.2 Å². The van der Waals surface area contributed by atoms with Gasteiger partial charge in [0.2, 0.25) is 21.8 Å². The van der Waals surface area contributed by atoms with Crippen LogP contribution < -0.4 is 14.4 Å². The van der Waals surface area contributed by atoms with Crippen molar-refractivity contribution in [2.75, 3.05) is 23.7 Å². The molecule has 0 saturated carbocycles. The molecular weight excluding hydrogens is 533 g/mol. The number of nitrogens with one attached hydrogen (secondary N) is 1. The third-order valence-corrected chi connectivity index (χ3v) is 7.21. The molecule has 3 aromatic rings. The van der Waals surface area contributed by atoms with Crippen molar-refractivity contribution in [2.24, 2.45) is 0 Å². The van der Waals surface area contributed by atoms with Gasteiger partial charge in [0.15, 0.2) is 0 Å². The summed E-state index contributed by atoms with van der Waals surface area (Å²) in [4.78, 5) is 28.9. The Morgan fingerprint density at radius 1 is 0.925 bits per heavy atom. The van der Waals surface area contributed by atoms with E-state index in [1.165, 1.54) is 29.2 Å². The minimum absolute atomic E-state index is 0.0349. The maximum atomic E-state index is 14.1. The van der Waals surface area contributed by atoms with Crippen LogP contribution in [0.3, 0.4) is 0 Å². The molecule has 0 heterocycles. The number of rotatable bonds is 13. The first-order valence-electron chi connectivity index (χ1n) is 13.1. The van der Waals surface area contributed by atoms with Crippen LogP contribution in [0.2, 0.25) is 0 Å². The quantitative estimate of drug-likeness (QED) is 0.334. The average molecular weight is 570 g/mol. The Bertz CT molecular complexity index is 1380. The first kappa shape index (κ1) is 30.6. The van der Waals surface area contributed by atoms with Crippen molar-refractivity contribution in [3.8, 4) is 5.75 Å². The molecule has 1 N–H and O–H groups in total. The molecule has 0 fully saturated rings. The second-order valence-electron chi connectivity index (χ2n) is 9.69. The number of carbonyl (C=O) groups is 2. The summed E-state index contributed by atoms with van der Waals surface area (Å²) in [6.07, 6.45) is 1.21. The largest absolute Gasteiger partial charge is 0.492 e. The first-order valence-corrected chi connectivity index (χ1v) is 14.9. The van der Waals surface area contributed by atoms with Gasteiger partial charge in [-0.3, -0.25) is 13.9 Å². The SMILES string of the molecule is CCOc1ccccc1N(CC(=O)N(Cc1ccc(F)cc1)C(Cc1ccccc1)C(=O)NC(C)C)S(C)(=O)=O. The number of hydrogen-bond acceptors (Lipinski definition) is 5. The minimum atomic E-state index is -3.93. The lowest BCUT2D eigenvalue weighted by Crippen LogP contribution is -2.54. The molecule has 8 nitrogen and oxygen atoms in total. The Morgan fingerprint density at radius 2 is 1.55 bits per heavy atom. The highest BCUT2D eigenvalue weighted by atomic mass is 32.2. The summed E-state index contributed by atoms with van der Waals surface area (Å²) in [5.41, 5.74) is 1.63. The highest BCUT2D eigenvalue weighted by Crippen LogP contribution is 2.30. The molecule has 0 aromatic heterocycles. The third-order valence-electron chi connectivity index (χ3n) is 6.08. The zero-order valence-corrected chi connectivity index (χ0v) is 24.0. The first-order chi connectivity index (χ1) is 19.0. The second kappa shape index (κ2) is 13.9. The van der Waals surface area contributed by atoms with Gasteiger partial charge in [-0.25, -0.2) is 12.8 Å². The second-order valence-corrected chi connectivity index (χ2v) is 11.6. The van der Waals surface area contributed by atoms with Crippen molar-refractivity contribution >= 4 is 27.5 Å². The zero-order chi connectivity index (χ0) is 29.3. The monoisotopic (exact) mass is 569 g/mol. The fourth-order valence-electron chi connectivity index (χ4n) is 4.26. The number of sulfonamides is 1. The summed E-state index contributed by atoms with van der Waals surface area (Å²) < 4.78 is 46.2. The molecule has 3 rings (SSSR count). The Kier molecular flexibility index (Phi) is 10.7. The van der Waals surface area contributed by atoms with Gasteiger partial charge in [0.1, 0.15) is 24.2 Å². The average Bonchev–Trinajstić information content (AvgIpc) is 2.90. The van der Waals surface area contributed by atoms with Crippen LogP contribution >= 0.6 is 0 Å². The third kappa shape index (κ3) is 8.54. The fourth-order valence-corrected chi connectivity index (χ4v) is 5.11. The van der Waals surface area contributed by atoms with Gasteiger partial charge in [0, 0.05) is 19.0 Å². The predicted octanol–water partition coefficient (Wildman–Crippen LogP) is 4.16. The van der Waals surface area contributed by atoms with Crippen LogP contribution in [0.15, 0.2) is 78.9 Å². The summed E-state index contributed by atoms with van der Waals surface area (Å²) in [6.45, 7) is 5.11. The van der Waals surface area contributed by atoms with E-state index in [2.05, 4.69) is 5.32 Å². The number of nitrogens with zero attached hydrogens (tertiary/aromatic N) is 2. The highest BCUT2D eigenvalue weighted by molar-refractivity contribution is 7.92. The molecule has 0 aliphatic heterocycles. The van der Waals surface area contributed by atoms with Crippen molar-refractivity contribution in [1.29, 1.82) is 0 Å². The molecule has 1 unspecified atom stereocenters. The Morgan fingerprint density at radius 3 is 2.15 bits per heavy atom. The Hall–Kier alpha value is -3.92. The summed E-state index contributed by atoms with van der Waals surface area (Å²) in [6, 6.07) is 20.3. The van der Waals surface area contributed by atoms with E-state index < -0.39 is 34.3 Å². The van der Waals surface area contributed by atoms with E-state index in [9.17, 15) is 22.4 Å². The molecule has 0 bridgehead atoms. The summed E-state index contributed by atoms with van der Waals surface area (Å²) >= 11 is 0. The summed E-state index contributed by atoms with van der Waals surface area (Å²) in [7, 11) is -3.93. The lowest BCUT2D eigenvalue weighted by molar-refractivity contribution is -0.140. The minimum Gasteiger partial charge on any atom is -0.492 e. The van der Waals surface area contributed by atoms with E-state index >= 15 is 0 Å². The van der Waals surface area contributed by atoms with Crippen LogP contribution in [0, 0.1) is 5.82 Å². The zero-order valence-electron chi connectivity index (χ0n) is 23.2. The van der Waals surface area contributed by atoms with Gasteiger partial charge in [0.05, 0.1) is 18.6 Å². The number of amides is 2. The van der Waals surface area contributed by atoms with Crippen molar-refractivity contribution in [3.63, 3.8) is 0 Å². The maximum Gasteiger partial charge on any atom is 0.244 e. The van der Waals surface area contributed by atoms with Crippen molar-refractivity contribution in [3.05, 3.63) is 95.8 Å². The van der Waals surface area contributed by atoms with E-state index in [1.807, 2.05) is 44.2 Å².